The number of hydrogen-bond acceptors (Lipinski definition) is 4. The molecule has 0 spiro atoms. The van der Waals surface area contributed by atoms with E-state index >= 15 is 0 Å². The molecule has 122 valence electrons. The second-order valence-electron chi connectivity index (χ2n) is 5.85. The SMILES string of the molecule is O=S(=O)(c1ccccc1F)N1CCOC[C@@H]1[C@H]1CCC[C@@H]1O. The molecule has 1 N–H and O–H groups in total. The highest BCUT2D eigenvalue weighted by Gasteiger charge is 2.43. The first-order chi connectivity index (χ1) is 10.5. The maximum Gasteiger partial charge on any atom is 0.246 e. The van der Waals surface area contributed by atoms with Crippen molar-refractivity contribution in [3.05, 3.63) is 30.1 Å². The van der Waals surface area contributed by atoms with Gasteiger partial charge in [-0.1, -0.05) is 18.6 Å². The molecule has 0 aromatic heterocycles. The summed E-state index contributed by atoms with van der Waals surface area (Å²) in [5.74, 6) is -0.901. The van der Waals surface area contributed by atoms with Gasteiger partial charge in [-0.05, 0) is 25.0 Å². The Bertz CT molecular complexity index is 636. The van der Waals surface area contributed by atoms with Gasteiger partial charge >= 0.3 is 0 Å². The maximum absolute atomic E-state index is 13.9. The lowest BCUT2D eigenvalue weighted by Crippen LogP contribution is -2.53. The van der Waals surface area contributed by atoms with Gasteiger partial charge in [0.1, 0.15) is 10.7 Å². The number of ether oxygens (including phenoxy) is 1. The van der Waals surface area contributed by atoms with Crippen molar-refractivity contribution < 1.29 is 22.7 Å². The standard InChI is InChI=1S/C15H20FNO4S/c16-12-5-1-2-7-15(12)22(19,20)17-8-9-21-10-13(17)11-4-3-6-14(11)18/h1-2,5,7,11,13-14,18H,3-4,6,8-10H2/t11-,13-,14+/m1/s1. The Hall–Kier alpha value is -1.02. The molecule has 3 atom stereocenters. The first kappa shape index (κ1) is 15.9. The summed E-state index contributed by atoms with van der Waals surface area (Å²) in [7, 11) is -3.94. The van der Waals surface area contributed by atoms with Gasteiger partial charge in [-0.25, -0.2) is 12.8 Å². The van der Waals surface area contributed by atoms with Crippen molar-refractivity contribution in [2.75, 3.05) is 19.8 Å². The monoisotopic (exact) mass is 329 g/mol. The molecule has 7 heteroatoms. The molecule has 2 aliphatic rings. The Morgan fingerprint density at radius 2 is 2.05 bits per heavy atom. The van der Waals surface area contributed by atoms with E-state index in [1.54, 1.807) is 0 Å². The van der Waals surface area contributed by atoms with Gasteiger partial charge in [0.2, 0.25) is 10.0 Å². The van der Waals surface area contributed by atoms with Gasteiger partial charge in [-0.3, -0.25) is 0 Å². The Morgan fingerprint density at radius 1 is 1.27 bits per heavy atom. The van der Waals surface area contributed by atoms with E-state index in [-0.39, 0.29) is 30.6 Å². The summed E-state index contributed by atoms with van der Waals surface area (Å²) in [5.41, 5.74) is 0. The average molecular weight is 329 g/mol. The third-order valence-corrected chi connectivity index (χ3v) is 6.52. The summed E-state index contributed by atoms with van der Waals surface area (Å²) >= 11 is 0. The first-order valence-electron chi connectivity index (χ1n) is 7.54. The fourth-order valence-electron chi connectivity index (χ4n) is 3.44. The average Bonchev–Trinajstić information content (AvgIpc) is 2.93. The minimum atomic E-state index is -3.94. The van der Waals surface area contributed by atoms with Gasteiger partial charge in [0.25, 0.3) is 0 Å². The number of aliphatic hydroxyl groups is 1. The van der Waals surface area contributed by atoms with Crippen LogP contribution in [0.5, 0.6) is 0 Å². The van der Waals surface area contributed by atoms with Gasteiger partial charge in [0.15, 0.2) is 0 Å². The van der Waals surface area contributed by atoms with Crippen LogP contribution in [0.15, 0.2) is 29.2 Å². The molecule has 1 aromatic carbocycles. The second kappa shape index (κ2) is 6.23. The van der Waals surface area contributed by atoms with Crippen LogP contribution in [0.3, 0.4) is 0 Å². The molecule has 1 aromatic rings. The fourth-order valence-corrected chi connectivity index (χ4v) is 5.15. The molecule has 22 heavy (non-hydrogen) atoms. The Morgan fingerprint density at radius 3 is 2.73 bits per heavy atom. The lowest BCUT2D eigenvalue weighted by molar-refractivity contribution is -0.0148. The molecule has 1 aliphatic carbocycles. The molecular weight excluding hydrogens is 309 g/mol. The van der Waals surface area contributed by atoms with E-state index in [0.29, 0.717) is 6.42 Å². The molecule has 5 nitrogen and oxygen atoms in total. The van der Waals surface area contributed by atoms with E-state index in [9.17, 15) is 17.9 Å². The molecule has 0 radical (unpaired) electrons. The predicted octanol–water partition coefficient (Wildman–Crippen LogP) is 1.38. The highest BCUT2D eigenvalue weighted by Crippen LogP contribution is 2.34. The largest absolute Gasteiger partial charge is 0.393 e. The zero-order valence-corrected chi connectivity index (χ0v) is 13.0. The van der Waals surface area contributed by atoms with Gasteiger partial charge in [0, 0.05) is 12.5 Å². The molecule has 0 bridgehead atoms. The predicted molar refractivity (Wildman–Crippen MR) is 78.2 cm³/mol. The van der Waals surface area contributed by atoms with E-state index in [0.717, 1.165) is 18.9 Å². The van der Waals surface area contributed by atoms with E-state index < -0.39 is 28.0 Å². The lowest BCUT2D eigenvalue weighted by Gasteiger charge is -2.39. The topological polar surface area (TPSA) is 66.8 Å². The highest BCUT2D eigenvalue weighted by atomic mass is 32.2. The second-order valence-corrected chi connectivity index (χ2v) is 7.71. The highest BCUT2D eigenvalue weighted by molar-refractivity contribution is 7.89. The van der Waals surface area contributed by atoms with Crippen molar-refractivity contribution >= 4 is 10.0 Å². The van der Waals surface area contributed by atoms with Crippen molar-refractivity contribution in [2.45, 2.75) is 36.3 Å². The summed E-state index contributed by atoms with van der Waals surface area (Å²) in [6.45, 7) is 0.715. The Kier molecular flexibility index (Phi) is 4.49. The van der Waals surface area contributed by atoms with Crippen LogP contribution in [-0.4, -0.2) is 49.7 Å². The zero-order chi connectivity index (χ0) is 15.7. The molecular formula is C15H20FNO4S. The fraction of sp³-hybridized carbons (Fsp3) is 0.600. The normalized spacial score (nSPS) is 30.5. The number of halogens is 1. The van der Waals surface area contributed by atoms with Crippen LogP contribution in [0, 0.1) is 11.7 Å². The van der Waals surface area contributed by atoms with E-state index in [1.165, 1.54) is 22.5 Å². The number of hydrogen-bond donors (Lipinski definition) is 1. The first-order valence-corrected chi connectivity index (χ1v) is 8.98. The van der Waals surface area contributed by atoms with Gasteiger partial charge < -0.3 is 9.84 Å². The van der Waals surface area contributed by atoms with Crippen LogP contribution in [0.2, 0.25) is 0 Å². The van der Waals surface area contributed by atoms with Crippen LogP contribution < -0.4 is 0 Å². The molecule has 1 saturated carbocycles. The number of rotatable bonds is 3. The van der Waals surface area contributed by atoms with Crippen molar-refractivity contribution in [1.29, 1.82) is 0 Å². The maximum atomic E-state index is 13.9. The van der Waals surface area contributed by atoms with Crippen LogP contribution in [0.1, 0.15) is 19.3 Å². The number of aliphatic hydroxyl groups excluding tert-OH is 1. The van der Waals surface area contributed by atoms with Crippen molar-refractivity contribution in [1.82, 2.24) is 4.31 Å². The summed E-state index contributed by atoms with van der Waals surface area (Å²) in [6, 6.07) is 4.97. The minimum absolute atomic E-state index is 0.151. The van der Waals surface area contributed by atoms with E-state index in [2.05, 4.69) is 0 Å². The van der Waals surface area contributed by atoms with E-state index in [4.69, 9.17) is 4.74 Å². The van der Waals surface area contributed by atoms with Crippen molar-refractivity contribution in [2.24, 2.45) is 5.92 Å². The number of morpholine rings is 1. The number of benzene rings is 1. The van der Waals surface area contributed by atoms with Crippen molar-refractivity contribution in [3.8, 4) is 0 Å². The molecule has 2 fully saturated rings. The van der Waals surface area contributed by atoms with Crippen LogP contribution >= 0.6 is 0 Å². The van der Waals surface area contributed by atoms with Crippen LogP contribution in [0.25, 0.3) is 0 Å². The Balaban J connectivity index is 1.95. The third-order valence-electron chi connectivity index (χ3n) is 4.56. The summed E-state index contributed by atoms with van der Waals surface area (Å²) < 4.78 is 46.3. The number of sulfonamides is 1. The quantitative estimate of drug-likeness (QED) is 0.910. The smallest absolute Gasteiger partial charge is 0.246 e. The summed E-state index contributed by atoms with van der Waals surface area (Å²) in [6.07, 6.45) is 1.79. The zero-order valence-electron chi connectivity index (χ0n) is 12.2. The van der Waals surface area contributed by atoms with Crippen molar-refractivity contribution in [3.63, 3.8) is 0 Å². The molecule has 0 amide bonds. The molecule has 1 aliphatic heterocycles. The summed E-state index contributed by atoms with van der Waals surface area (Å²) in [4.78, 5) is -0.311. The Labute approximate surface area is 129 Å². The van der Waals surface area contributed by atoms with Gasteiger partial charge in [0.05, 0.1) is 25.4 Å². The van der Waals surface area contributed by atoms with Crippen LogP contribution in [-0.2, 0) is 14.8 Å². The number of nitrogens with zero attached hydrogens (tertiary/aromatic N) is 1. The van der Waals surface area contributed by atoms with Crippen LogP contribution in [0.4, 0.5) is 4.39 Å². The van der Waals surface area contributed by atoms with Gasteiger partial charge in [-0.15, -0.1) is 0 Å². The molecule has 3 rings (SSSR count). The molecule has 1 heterocycles. The molecule has 0 unspecified atom stereocenters. The third kappa shape index (κ3) is 2.78. The molecule has 1 saturated heterocycles. The summed E-state index contributed by atoms with van der Waals surface area (Å²) in [5, 5.41) is 10.1. The minimum Gasteiger partial charge on any atom is -0.393 e. The van der Waals surface area contributed by atoms with Gasteiger partial charge in [-0.2, -0.15) is 4.31 Å². The van der Waals surface area contributed by atoms with E-state index in [1.807, 2.05) is 0 Å². The lowest BCUT2D eigenvalue weighted by atomic mass is 9.96.